The number of hydrogen-bond donors (Lipinski definition) is 0. The van der Waals surface area contributed by atoms with E-state index in [0.717, 1.165) is 10.2 Å². The van der Waals surface area contributed by atoms with Gasteiger partial charge in [0.1, 0.15) is 16.2 Å². The predicted molar refractivity (Wildman–Crippen MR) is 142 cm³/mol. The molecule has 0 amide bonds. The lowest BCUT2D eigenvalue weighted by Crippen LogP contribution is -2.28. The van der Waals surface area contributed by atoms with Crippen LogP contribution in [0, 0.1) is 25.5 Å². The number of aromatic nitrogens is 6. The van der Waals surface area contributed by atoms with E-state index in [9.17, 15) is 4.79 Å². The first kappa shape index (κ1) is 21.3. The van der Waals surface area contributed by atoms with E-state index < -0.39 is 24.7 Å². The molecule has 11 heteroatoms. The van der Waals surface area contributed by atoms with Crippen molar-refractivity contribution in [2.75, 3.05) is 20.3 Å². The Labute approximate surface area is 226 Å². The molecule has 0 saturated carbocycles. The zero-order valence-corrected chi connectivity index (χ0v) is 21.9. The Morgan fingerprint density at radius 3 is 2.89 bits per heavy atom. The molecule has 6 heterocycles. The first-order valence-corrected chi connectivity index (χ1v) is 13.0. The zero-order valence-electron chi connectivity index (χ0n) is 24.1. The third-order valence-corrected chi connectivity index (χ3v) is 8.49. The maximum Gasteiger partial charge on any atom is 0.348 e. The molecule has 0 bridgehead atoms. The summed E-state index contributed by atoms with van der Waals surface area (Å²) in [4.78, 5) is 22.4. The fourth-order valence-corrected chi connectivity index (χ4v) is 6.70. The molecule has 0 aliphatic carbocycles. The van der Waals surface area contributed by atoms with Crippen LogP contribution in [0.15, 0.2) is 30.6 Å². The Bertz CT molecular complexity index is 1790. The van der Waals surface area contributed by atoms with Gasteiger partial charge in [-0.2, -0.15) is 0 Å². The summed E-state index contributed by atoms with van der Waals surface area (Å²) in [5, 5.41) is 7.88. The Hall–Kier alpha value is -3.70. The van der Waals surface area contributed by atoms with E-state index in [1.165, 1.54) is 29.2 Å². The number of thiophene rings is 1. The van der Waals surface area contributed by atoms with Gasteiger partial charge < -0.3 is 14.0 Å². The lowest BCUT2D eigenvalue weighted by atomic mass is 9.88. The minimum atomic E-state index is -2.49. The number of carbonyl (C=O) groups excluding carboxylic acids is 1. The fraction of sp³-hybridized carbons (Fsp3) is 0.370. The second kappa shape index (κ2) is 9.55. The highest BCUT2D eigenvalue weighted by molar-refractivity contribution is 7.22. The molecule has 1 saturated heterocycles. The van der Waals surface area contributed by atoms with Gasteiger partial charge in [0.2, 0.25) is 0 Å². The normalized spacial score (nSPS) is 16.9. The summed E-state index contributed by atoms with van der Waals surface area (Å²) >= 11 is 1.27. The number of nitrogens with zero attached hydrogens (tertiary/aromatic N) is 6. The van der Waals surface area contributed by atoms with Crippen LogP contribution in [0.25, 0.3) is 32.5 Å². The van der Waals surface area contributed by atoms with Crippen molar-refractivity contribution in [3.8, 4) is 11.3 Å². The van der Waals surface area contributed by atoms with E-state index in [1.54, 1.807) is 25.5 Å². The Morgan fingerprint density at radius 2 is 2.16 bits per heavy atom. The molecule has 0 spiro atoms. The van der Waals surface area contributed by atoms with Crippen LogP contribution in [-0.4, -0.2) is 55.8 Å². The first-order chi connectivity index (χ1) is 19.6. The number of pyridine rings is 2. The number of aryl methyl sites for hydroxylation is 3. The lowest BCUT2D eigenvalue weighted by molar-refractivity contribution is 0.0543. The Morgan fingerprint density at radius 1 is 1.34 bits per heavy atom. The predicted octanol–water partition coefficient (Wildman–Crippen LogP) is 5.00. The molecule has 5 aromatic heterocycles. The van der Waals surface area contributed by atoms with Crippen LogP contribution in [0.2, 0.25) is 0 Å². The summed E-state index contributed by atoms with van der Waals surface area (Å²) in [6.07, 6.45) is 4.51. The van der Waals surface area contributed by atoms with Crippen molar-refractivity contribution in [2.24, 2.45) is 13.0 Å². The van der Waals surface area contributed by atoms with E-state index >= 15 is 4.39 Å². The van der Waals surface area contributed by atoms with Gasteiger partial charge in [-0.25, -0.2) is 13.9 Å². The maximum absolute atomic E-state index is 15.5. The molecule has 0 radical (unpaired) electrons. The quantitative estimate of drug-likeness (QED) is 0.291. The minimum absolute atomic E-state index is 0.0345. The third kappa shape index (κ3) is 3.80. The highest BCUT2D eigenvalue weighted by Gasteiger charge is 2.35. The summed E-state index contributed by atoms with van der Waals surface area (Å²) in [5.74, 6) is -0.938. The maximum atomic E-state index is 15.5. The zero-order chi connectivity index (χ0) is 29.1. The summed E-state index contributed by atoms with van der Waals surface area (Å²) in [6.45, 7) is 0.407. The van der Waals surface area contributed by atoms with E-state index in [0.29, 0.717) is 58.8 Å². The SMILES string of the molecule is [2H]C([2H])([2H])c1nnn(C)c1-c1cnc2c3sc(C(=O)OC)c(C)c3n(C(c3ncccc3F)C3CCOCC3)c2c1. The second-order valence-electron chi connectivity index (χ2n) is 9.36. The standard InChI is InChI=1S/C27H27FN6O3S/c1-14-22-26(38-25(14)27(35)36-4)21-19(12-17(13-30-21)23-15(2)31-32-33(23)3)34(22)24(16-7-10-37-11-8-16)20-18(28)6-5-9-29-20/h5-6,9,12-13,16,24H,7-8,10-11H2,1-4H3/i2D3. The average Bonchev–Trinajstić information content (AvgIpc) is 3.61. The molecule has 196 valence electrons. The molecule has 1 aliphatic rings. The summed E-state index contributed by atoms with van der Waals surface area (Å²) < 4.78 is 54.4. The number of rotatable bonds is 5. The largest absolute Gasteiger partial charge is 0.465 e. The van der Waals surface area contributed by atoms with Gasteiger partial charge in [-0.1, -0.05) is 5.21 Å². The number of fused-ring (bicyclic) bond motifs is 3. The Balaban J connectivity index is 1.71. The number of carbonyl (C=O) groups is 1. The third-order valence-electron chi connectivity index (χ3n) is 7.23. The highest BCUT2D eigenvalue weighted by Crippen LogP contribution is 2.45. The molecule has 1 aliphatic heterocycles. The summed E-state index contributed by atoms with van der Waals surface area (Å²) in [7, 11) is 2.96. The number of hydrogen-bond acceptors (Lipinski definition) is 8. The monoisotopic (exact) mass is 537 g/mol. The summed E-state index contributed by atoms with van der Waals surface area (Å²) in [5.41, 5.74) is 3.63. The van der Waals surface area contributed by atoms with E-state index in [4.69, 9.17) is 18.6 Å². The van der Waals surface area contributed by atoms with Crippen LogP contribution in [0.1, 0.15) is 49.6 Å². The van der Waals surface area contributed by atoms with Gasteiger partial charge in [-0.3, -0.25) is 9.97 Å². The smallest absolute Gasteiger partial charge is 0.348 e. The van der Waals surface area contributed by atoms with Crippen LogP contribution in [0.4, 0.5) is 4.39 Å². The van der Waals surface area contributed by atoms with Gasteiger partial charge >= 0.3 is 5.97 Å². The van der Waals surface area contributed by atoms with Crippen LogP contribution in [0.3, 0.4) is 0 Å². The Kier molecular flexibility index (Phi) is 5.34. The number of methoxy groups -OCH3 is 1. The van der Waals surface area contributed by atoms with Crippen LogP contribution in [-0.2, 0) is 16.5 Å². The van der Waals surface area contributed by atoms with Crippen molar-refractivity contribution in [1.29, 1.82) is 0 Å². The molecule has 38 heavy (non-hydrogen) atoms. The molecular weight excluding hydrogens is 507 g/mol. The van der Waals surface area contributed by atoms with E-state index in [1.807, 2.05) is 17.6 Å². The van der Waals surface area contributed by atoms with Gasteiger partial charge in [-0.05, 0) is 56.3 Å². The highest BCUT2D eigenvalue weighted by atomic mass is 32.1. The second-order valence-corrected chi connectivity index (χ2v) is 10.4. The average molecular weight is 538 g/mol. The number of halogens is 1. The number of esters is 1. The topological polar surface area (TPSA) is 97.0 Å². The van der Waals surface area contributed by atoms with Crippen molar-refractivity contribution in [2.45, 2.75) is 32.7 Å². The van der Waals surface area contributed by atoms with Gasteiger partial charge in [0, 0.05) is 42.3 Å². The molecule has 6 rings (SSSR count). The van der Waals surface area contributed by atoms with Crippen molar-refractivity contribution >= 4 is 38.6 Å². The van der Waals surface area contributed by atoms with Crippen LogP contribution >= 0.6 is 11.3 Å². The summed E-state index contributed by atoms with van der Waals surface area (Å²) in [6, 6.07) is 4.24. The molecule has 1 fully saturated rings. The van der Waals surface area contributed by atoms with Crippen LogP contribution < -0.4 is 0 Å². The number of ether oxygens (including phenoxy) is 2. The fourth-order valence-electron chi connectivity index (χ4n) is 5.48. The van der Waals surface area contributed by atoms with Crippen molar-refractivity contribution < 1.29 is 22.8 Å². The first-order valence-electron chi connectivity index (χ1n) is 13.7. The van der Waals surface area contributed by atoms with Gasteiger partial charge in [0.25, 0.3) is 0 Å². The van der Waals surface area contributed by atoms with Gasteiger partial charge in [0.15, 0.2) is 0 Å². The molecule has 0 aromatic carbocycles. The molecular formula is C27H27FN6O3S. The van der Waals surface area contributed by atoms with E-state index in [-0.39, 0.29) is 17.3 Å². The molecule has 1 atom stereocenters. The minimum Gasteiger partial charge on any atom is -0.465 e. The van der Waals surface area contributed by atoms with Crippen molar-refractivity contribution in [1.82, 2.24) is 29.5 Å². The molecule has 0 N–H and O–H groups in total. The van der Waals surface area contributed by atoms with Crippen molar-refractivity contribution in [3.63, 3.8) is 0 Å². The van der Waals surface area contributed by atoms with Crippen molar-refractivity contribution in [3.05, 3.63) is 58.2 Å². The van der Waals surface area contributed by atoms with Crippen LogP contribution in [0.5, 0.6) is 0 Å². The molecule has 1 unspecified atom stereocenters. The van der Waals surface area contributed by atoms with E-state index in [2.05, 4.69) is 15.3 Å². The van der Waals surface area contributed by atoms with Gasteiger partial charge in [0.05, 0.1) is 46.0 Å². The molecule has 9 nitrogen and oxygen atoms in total. The molecule has 5 aromatic rings. The van der Waals surface area contributed by atoms with Gasteiger partial charge in [-0.15, -0.1) is 16.4 Å². The lowest BCUT2D eigenvalue weighted by Gasteiger charge is -2.32.